The molecule has 20 heavy (non-hydrogen) atoms. The Labute approximate surface area is 124 Å². The topological polar surface area (TPSA) is 44.4 Å². The van der Waals surface area contributed by atoms with Crippen molar-refractivity contribution in [2.45, 2.75) is 46.5 Å². The molecule has 1 fully saturated rings. The SMILES string of the molecule is CCCN(CC)CCNC(=O)CC(C)C1CCNCC1. The molecular formula is C16H33N3O. The van der Waals surface area contributed by atoms with Crippen LogP contribution in [0.2, 0.25) is 0 Å². The Bertz CT molecular complexity index is 264. The summed E-state index contributed by atoms with van der Waals surface area (Å²) in [6, 6.07) is 0. The fourth-order valence-electron chi connectivity index (χ4n) is 3.04. The fourth-order valence-corrected chi connectivity index (χ4v) is 3.04. The Morgan fingerprint density at radius 2 is 2.00 bits per heavy atom. The lowest BCUT2D eigenvalue weighted by atomic mass is 9.84. The van der Waals surface area contributed by atoms with E-state index in [9.17, 15) is 4.79 Å². The van der Waals surface area contributed by atoms with E-state index in [2.05, 4.69) is 36.3 Å². The molecule has 0 aromatic rings. The molecule has 1 aliphatic heterocycles. The Balaban J connectivity index is 2.15. The molecular weight excluding hydrogens is 250 g/mol. The zero-order valence-electron chi connectivity index (χ0n) is 13.6. The van der Waals surface area contributed by atoms with Crippen LogP contribution in [0.3, 0.4) is 0 Å². The molecule has 2 N–H and O–H groups in total. The van der Waals surface area contributed by atoms with Gasteiger partial charge in [0, 0.05) is 19.5 Å². The van der Waals surface area contributed by atoms with E-state index in [0.29, 0.717) is 18.3 Å². The number of carbonyl (C=O) groups excluding carboxylic acids is 1. The van der Waals surface area contributed by atoms with Crippen molar-refractivity contribution in [2.24, 2.45) is 11.8 Å². The van der Waals surface area contributed by atoms with E-state index in [1.54, 1.807) is 0 Å². The molecule has 0 saturated carbocycles. The van der Waals surface area contributed by atoms with E-state index < -0.39 is 0 Å². The summed E-state index contributed by atoms with van der Waals surface area (Å²) >= 11 is 0. The van der Waals surface area contributed by atoms with Gasteiger partial charge in [-0.15, -0.1) is 0 Å². The average Bonchev–Trinajstić information content (AvgIpc) is 2.47. The lowest BCUT2D eigenvalue weighted by Gasteiger charge is -2.28. The maximum atomic E-state index is 12.0. The molecule has 1 atom stereocenters. The zero-order chi connectivity index (χ0) is 14.8. The van der Waals surface area contributed by atoms with Crippen molar-refractivity contribution < 1.29 is 4.79 Å². The van der Waals surface area contributed by atoms with Gasteiger partial charge in [0.05, 0.1) is 0 Å². The predicted octanol–water partition coefficient (Wildman–Crippen LogP) is 1.86. The van der Waals surface area contributed by atoms with Crippen LogP contribution in [-0.4, -0.2) is 50.1 Å². The van der Waals surface area contributed by atoms with E-state index in [4.69, 9.17) is 0 Å². The van der Waals surface area contributed by atoms with Crippen molar-refractivity contribution in [3.63, 3.8) is 0 Å². The van der Waals surface area contributed by atoms with Gasteiger partial charge in [0.2, 0.25) is 5.91 Å². The number of nitrogens with zero attached hydrogens (tertiary/aromatic N) is 1. The van der Waals surface area contributed by atoms with Gasteiger partial charge in [-0.05, 0) is 57.3 Å². The van der Waals surface area contributed by atoms with Gasteiger partial charge in [0.25, 0.3) is 0 Å². The van der Waals surface area contributed by atoms with Crippen LogP contribution in [0, 0.1) is 11.8 Å². The minimum atomic E-state index is 0.226. The van der Waals surface area contributed by atoms with E-state index in [-0.39, 0.29) is 5.91 Å². The normalized spacial score (nSPS) is 18.2. The first kappa shape index (κ1) is 17.4. The molecule has 0 radical (unpaired) electrons. The number of nitrogens with one attached hydrogen (secondary N) is 2. The first-order valence-electron chi connectivity index (χ1n) is 8.37. The molecule has 0 aromatic carbocycles. The van der Waals surface area contributed by atoms with Crippen molar-refractivity contribution >= 4 is 5.91 Å². The summed E-state index contributed by atoms with van der Waals surface area (Å²) in [7, 11) is 0. The molecule has 0 spiro atoms. The average molecular weight is 283 g/mol. The largest absolute Gasteiger partial charge is 0.355 e. The summed E-state index contributed by atoms with van der Waals surface area (Å²) in [5.74, 6) is 1.45. The second-order valence-corrected chi connectivity index (χ2v) is 6.05. The monoisotopic (exact) mass is 283 g/mol. The van der Waals surface area contributed by atoms with Crippen LogP contribution in [0.4, 0.5) is 0 Å². The van der Waals surface area contributed by atoms with E-state index >= 15 is 0 Å². The van der Waals surface area contributed by atoms with Crippen molar-refractivity contribution in [2.75, 3.05) is 39.3 Å². The summed E-state index contributed by atoms with van der Waals surface area (Å²) in [6.45, 7) is 12.8. The number of hydrogen-bond acceptors (Lipinski definition) is 3. The third-order valence-electron chi connectivity index (χ3n) is 4.43. The van der Waals surface area contributed by atoms with Crippen LogP contribution >= 0.6 is 0 Å². The van der Waals surface area contributed by atoms with Crippen molar-refractivity contribution in [1.82, 2.24) is 15.5 Å². The Kier molecular flexibility index (Phi) is 8.86. The molecule has 4 heteroatoms. The van der Waals surface area contributed by atoms with Crippen LogP contribution < -0.4 is 10.6 Å². The van der Waals surface area contributed by atoms with Crippen molar-refractivity contribution in [3.8, 4) is 0 Å². The lowest BCUT2D eigenvalue weighted by molar-refractivity contribution is -0.122. The fraction of sp³-hybridized carbons (Fsp3) is 0.938. The van der Waals surface area contributed by atoms with E-state index in [0.717, 1.165) is 39.3 Å². The maximum absolute atomic E-state index is 12.0. The lowest BCUT2D eigenvalue weighted by Crippen LogP contribution is -2.37. The standard InChI is InChI=1S/C16H33N3O/c1-4-11-19(5-2)12-10-18-16(20)13-14(3)15-6-8-17-9-7-15/h14-15,17H,4-13H2,1-3H3,(H,18,20). The summed E-state index contributed by atoms with van der Waals surface area (Å²) in [4.78, 5) is 14.4. The van der Waals surface area contributed by atoms with Gasteiger partial charge in [-0.1, -0.05) is 20.8 Å². The minimum absolute atomic E-state index is 0.226. The van der Waals surface area contributed by atoms with Crippen LogP contribution in [0.15, 0.2) is 0 Å². The molecule has 0 aromatic heterocycles. The van der Waals surface area contributed by atoms with E-state index in [1.807, 2.05) is 0 Å². The third-order valence-corrected chi connectivity index (χ3v) is 4.43. The van der Waals surface area contributed by atoms with Crippen LogP contribution in [0.25, 0.3) is 0 Å². The van der Waals surface area contributed by atoms with Gasteiger partial charge in [0.1, 0.15) is 0 Å². The molecule has 0 bridgehead atoms. The zero-order valence-corrected chi connectivity index (χ0v) is 13.6. The van der Waals surface area contributed by atoms with E-state index in [1.165, 1.54) is 19.3 Å². The number of hydrogen-bond donors (Lipinski definition) is 2. The number of piperidine rings is 1. The van der Waals surface area contributed by atoms with Gasteiger partial charge in [-0.3, -0.25) is 4.79 Å². The number of rotatable bonds is 9. The molecule has 1 saturated heterocycles. The molecule has 118 valence electrons. The Morgan fingerprint density at radius 1 is 1.30 bits per heavy atom. The molecule has 1 unspecified atom stereocenters. The summed E-state index contributed by atoms with van der Waals surface area (Å²) in [5, 5.41) is 6.46. The predicted molar refractivity (Wildman–Crippen MR) is 84.8 cm³/mol. The van der Waals surface area contributed by atoms with Gasteiger partial charge in [0.15, 0.2) is 0 Å². The summed E-state index contributed by atoms with van der Waals surface area (Å²) < 4.78 is 0. The van der Waals surface area contributed by atoms with Gasteiger partial charge < -0.3 is 15.5 Å². The first-order valence-corrected chi connectivity index (χ1v) is 8.37. The summed E-state index contributed by atoms with van der Waals surface area (Å²) in [5.41, 5.74) is 0. The highest BCUT2D eigenvalue weighted by Crippen LogP contribution is 2.23. The molecule has 0 aliphatic carbocycles. The third kappa shape index (κ3) is 6.71. The highest BCUT2D eigenvalue weighted by Gasteiger charge is 2.21. The smallest absolute Gasteiger partial charge is 0.220 e. The molecule has 4 nitrogen and oxygen atoms in total. The van der Waals surface area contributed by atoms with Gasteiger partial charge >= 0.3 is 0 Å². The highest BCUT2D eigenvalue weighted by molar-refractivity contribution is 5.76. The Morgan fingerprint density at radius 3 is 2.60 bits per heavy atom. The highest BCUT2D eigenvalue weighted by atomic mass is 16.1. The van der Waals surface area contributed by atoms with Crippen LogP contribution in [0.1, 0.15) is 46.5 Å². The number of amides is 1. The van der Waals surface area contributed by atoms with Gasteiger partial charge in [-0.25, -0.2) is 0 Å². The molecule has 1 aliphatic rings. The summed E-state index contributed by atoms with van der Waals surface area (Å²) in [6.07, 6.45) is 4.29. The van der Waals surface area contributed by atoms with Crippen LogP contribution in [0.5, 0.6) is 0 Å². The maximum Gasteiger partial charge on any atom is 0.220 e. The van der Waals surface area contributed by atoms with Crippen LogP contribution in [-0.2, 0) is 4.79 Å². The second kappa shape index (κ2) is 10.2. The molecule has 1 amide bonds. The number of likely N-dealkylation sites (N-methyl/N-ethyl adjacent to an activating group) is 1. The quantitative estimate of drug-likeness (QED) is 0.679. The Hall–Kier alpha value is -0.610. The van der Waals surface area contributed by atoms with Crippen molar-refractivity contribution in [3.05, 3.63) is 0 Å². The first-order chi connectivity index (χ1) is 9.67. The van der Waals surface area contributed by atoms with Gasteiger partial charge in [-0.2, -0.15) is 0 Å². The minimum Gasteiger partial charge on any atom is -0.355 e. The molecule has 1 rings (SSSR count). The second-order valence-electron chi connectivity index (χ2n) is 6.05. The molecule has 1 heterocycles. The number of carbonyl (C=O) groups is 1. The van der Waals surface area contributed by atoms with Crippen molar-refractivity contribution in [1.29, 1.82) is 0 Å².